The number of carbonyl (C=O) groups is 1. The Morgan fingerprint density at radius 2 is 1.27 bits per heavy atom. The standard InChI is InChI=1S/C27H19NO2/c29-19-20-11-13-21(14-12-20)26-17-22-15-16-25(18-27(22)30-26)28(23-7-3-1-4-8-23)24-9-5-2-6-10-24/h1-19H. The first-order chi connectivity index (χ1) is 14.8. The van der Waals surface area contributed by atoms with Crippen molar-refractivity contribution in [1.82, 2.24) is 0 Å². The van der Waals surface area contributed by atoms with Crippen molar-refractivity contribution < 1.29 is 9.21 Å². The van der Waals surface area contributed by atoms with Crippen LogP contribution in [0.1, 0.15) is 10.4 Å². The summed E-state index contributed by atoms with van der Waals surface area (Å²) in [5.74, 6) is 0.783. The number of carbonyl (C=O) groups excluding carboxylic acids is 1. The molecule has 30 heavy (non-hydrogen) atoms. The van der Waals surface area contributed by atoms with Crippen molar-refractivity contribution in [2.45, 2.75) is 0 Å². The zero-order valence-electron chi connectivity index (χ0n) is 16.2. The van der Waals surface area contributed by atoms with Gasteiger partial charge in [-0.15, -0.1) is 0 Å². The minimum Gasteiger partial charge on any atom is -0.456 e. The number of benzene rings is 4. The molecule has 0 aliphatic heterocycles. The Morgan fingerprint density at radius 3 is 1.87 bits per heavy atom. The lowest BCUT2D eigenvalue weighted by Crippen LogP contribution is -2.09. The molecule has 5 rings (SSSR count). The molecule has 0 radical (unpaired) electrons. The van der Waals surface area contributed by atoms with Gasteiger partial charge in [-0.2, -0.15) is 0 Å². The van der Waals surface area contributed by atoms with E-state index < -0.39 is 0 Å². The molecule has 0 spiro atoms. The van der Waals surface area contributed by atoms with Gasteiger partial charge in [0.15, 0.2) is 0 Å². The number of hydrogen-bond donors (Lipinski definition) is 0. The molecule has 5 aromatic rings. The molecule has 3 nitrogen and oxygen atoms in total. The summed E-state index contributed by atoms with van der Waals surface area (Å²) in [6, 6.07) is 36.3. The van der Waals surface area contributed by atoms with Crippen molar-refractivity contribution in [3.63, 3.8) is 0 Å². The number of para-hydroxylation sites is 2. The average molecular weight is 389 g/mol. The van der Waals surface area contributed by atoms with E-state index in [2.05, 4.69) is 47.4 Å². The van der Waals surface area contributed by atoms with Crippen LogP contribution in [0.4, 0.5) is 17.1 Å². The average Bonchev–Trinajstić information content (AvgIpc) is 3.24. The van der Waals surface area contributed by atoms with E-state index in [-0.39, 0.29) is 0 Å². The van der Waals surface area contributed by atoms with Crippen LogP contribution in [0.3, 0.4) is 0 Å². The number of anilines is 3. The summed E-state index contributed by atoms with van der Waals surface area (Å²) in [6.07, 6.45) is 0.844. The van der Waals surface area contributed by atoms with Crippen LogP contribution in [0, 0.1) is 0 Å². The zero-order valence-corrected chi connectivity index (χ0v) is 16.2. The van der Waals surface area contributed by atoms with E-state index >= 15 is 0 Å². The number of rotatable bonds is 5. The van der Waals surface area contributed by atoms with Crippen molar-refractivity contribution in [2.75, 3.05) is 4.90 Å². The molecule has 0 bridgehead atoms. The van der Waals surface area contributed by atoms with Crippen molar-refractivity contribution >= 4 is 34.3 Å². The van der Waals surface area contributed by atoms with Crippen LogP contribution in [-0.4, -0.2) is 6.29 Å². The third-order valence-electron chi connectivity index (χ3n) is 5.12. The Kier molecular flexibility index (Phi) is 4.62. The summed E-state index contributed by atoms with van der Waals surface area (Å²) < 4.78 is 6.18. The van der Waals surface area contributed by atoms with E-state index in [1.165, 1.54) is 0 Å². The fourth-order valence-corrected chi connectivity index (χ4v) is 3.63. The molecule has 4 aromatic carbocycles. The maximum absolute atomic E-state index is 10.9. The molecule has 0 saturated heterocycles. The molecule has 144 valence electrons. The van der Waals surface area contributed by atoms with E-state index in [0.29, 0.717) is 5.56 Å². The van der Waals surface area contributed by atoms with Crippen LogP contribution in [0.25, 0.3) is 22.3 Å². The zero-order chi connectivity index (χ0) is 20.3. The maximum Gasteiger partial charge on any atom is 0.150 e. The molecule has 0 unspecified atom stereocenters. The lowest BCUT2D eigenvalue weighted by Gasteiger charge is -2.25. The Morgan fingerprint density at radius 1 is 0.633 bits per heavy atom. The Labute approximate surface area is 174 Å². The van der Waals surface area contributed by atoms with Gasteiger partial charge in [-0.1, -0.05) is 60.7 Å². The first-order valence-corrected chi connectivity index (χ1v) is 9.81. The lowest BCUT2D eigenvalue weighted by molar-refractivity contribution is 0.112. The fourth-order valence-electron chi connectivity index (χ4n) is 3.63. The fraction of sp³-hybridized carbons (Fsp3) is 0. The highest BCUT2D eigenvalue weighted by Crippen LogP contribution is 2.37. The smallest absolute Gasteiger partial charge is 0.150 e. The summed E-state index contributed by atoms with van der Waals surface area (Å²) >= 11 is 0. The summed E-state index contributed by atoms with van der Waals surface area (Å²) in [6.45, 7) is 0. The van der Waals surface area contributed by atoms with E-state index in [1.54, 1.807) is 12.1 Å². The van der Waals surface area contributed by atoms with Gasteiger partial charge < -0.3 is 9.32 Å². The molecule has 3 heteroatoms. The van der Waals surface area contributed by atoms with Crippen LogP contribution in [0.5, 0.6) is 0 Å². The predicted molar refractivity (Wildman–Crippen MR) is 122 cm³/mol. The van der Waals surface area contributed by atoms with Crippen molar-refractivity contribution in [3.05, 3.63) is 115 Å². The molecule has 0 atom stereocenters. The largest absolute Gasteiger partial charge is 0.456 e. The normalized spacial score (nSPS) is 10.8. The van der Waals surface area contributed by atoms with Gasteiger partial charge in [-0.25, -0.2) is 0 Å². The number of furan rings is 1. The molecule has 0 amide bonds. The lowest BCUT2D eigenvalue weighted by atomic mass is 10.1. The first-order valence-electron chi connectivity index (χ1n) is 9.81. The highest BCUT2D eigenvalue weighted by Gasteiger charge is 2.14. The summed E-state index contributed by atoms with van der Waals surface area (Å²) in [5.41, 5.74) is 5.61. The molecular formula is C27H19NO2. The van der Waals surface area contributed by atoms with E-state index in [9.17, 15) is 4.79 Å². The van der Waals surface area contributed by atoms with Gasteiger partial charge in [0.2, 0.25) is 0 Å². The topological polar surface area (TPSA) is 33.5 Å². The van der Waals surface area contributed by atoms with Gasteiger partial charge in [-0.05, 0) is 42.5 Å². The molecular weight excluding hydrogens is 370 g/mol. The third-order valence-corrected chi connectivity index (χ3v) is 5.12. The summed E-state index contributed by atoms with van der Waals surface area (Å²) in [4.78, 5) is 13.1. The number of aldehydes is 1. The second-order valence-corrected chi connectivity index (χ2v) is 7.08. The van der Waals surface area contributed by atoms with Crippen molar-refractivity contribution in [2.24, 2.45) is 0 Å². The van der Waals surface area contributed by atoms with Gasteiger partial charge >= 0.3 is 0 Å². The molecule has 1 heterocycles. The third kappa shape index (κ3) is 3.38. The SMILES string of the molecule is O=Cc1ccc(-c2cc3ccc(N(c4ccccc4)c4ccccc4)cc3o2)cc1. The molecule has 0 aliphatic carbocycles. The van der Waals surface area contributed by atoms with Gasteiger partial charge in [0.25, 0.3) is 0 Å². The minimum atomic E-state index is 0.651. The van der Waals surface area contributed by atoms with Crippen molar-refractivity contribution in [3.8, 4) is 11.3 Å². The van der Waals surface area contributed by atoms with Crippen LogP contribution < -0.4 is 4.90 Å². The number of nitrogens with zero attached hydrogens (tertiary/aromatic N) is 1. The number of fused-ring (bicyclic) bond motifs is 1. The van der Waals surface area contributed by atoms with Crippen LogP contribution in [-0.2, 0) is 0 Å². The van der Waals surface area contributed by atoms with Crippen LogP contribution >= 0.6 is 0 Å². The number of hydrogen-bond acceptors (Lipinski definition) is 3. The van der Waals surface area contributed by atoms with E-state index in [4.69, 9.17) is 4.42 Å². The Bertz CT molecular complexity index is 1250. The molecule has 0 N–H and O–H groups in total. The highest BCUT2D eigenvalue weighted by molar-refractivity contribution is 5.89. The van der Waals surface area contributed by atoms with Gasteiger partial charge in [0.05, 0.1) is 0 Å². The minimum absolute atomic E-state index is 0.651. The quantitative estimate of drug-likeness (QED) is 0.294. The van der Waals surface area contributed by atoms with Gasteiger partial charge in [0, 0.05) is 39.6 Å². The van der Waals surface area contributed by atoms with Gasteiger partial charge in [-0.3, -0.25) is 4.79 Å². The molecule has 0 saturated carbocycles. The first kappa shape index (κ1) is 18.0. The van der Waals surface area contributed by atoms with Crippen LogP contribution in [0.15, 0.2) is 114 Å². The van der Waals surface area contributed by atoms with E-state index in [1.807, 2.05) is 54.6 Å². The maximum atomic E-state index is 10.9. The molecule has 1 aromatic heterocycles. The second kappa shape index (κ2) is 7.72. The highest BCUT2D eigenvalue weighted by atomic mass is 16.3. The molecule has 0 aliphatic rings. The predicted octanol–water partition coefficient (Wildman–Crippen LogP) is 7.38. The Balaban J connectivity index is 1.59. The monoisotopic (exact) mass is 389 g/mol. The summed E-state index contributed by atoms with van der Waals surface area (Å²) in [5, 5.41) is 1.04. The summed E-state index contributed by atoms with van der Waals surface area (Å²) in [7, 11) is 0. The van der Waals surface area contributed by atoms with Crippen LogP contribution in [0.2, 0.25) is 0 Å². The Hall–Kier alpha value is -4.11. The van der Waals surface area contributed by atoms with E-state index in [0.717, 1.165) is 45.6 Å². The van der Waals surface area contributed by atoms with Gasteiger partial charge in [0.1, 0.15) is 17.6 Å². The second-order valence-electron chi connectivity index (χ2n) is 7.08. The van der Waals surface area contributed by atoms with Crippen molar-refractivity contribution in [1.29, 1.82) is 0 Å². The molecule has 0 fully saturated rings.